The highest BCUT2D eigenvalue weighted by molar-refractivity contribution is 6.30. The Balaban J connectivity index is 1.62. The van der Waals surface area contributed by atoms with E-state index in [4.69, 9.17) is 11.6 Å². The fourth-order valence-electron chi connectivity index (χ4n) is 2.19. The number of amides is 1. The molecule has 144 valence electrons. The summed E-state index contributed by atoms with van der Waals surface area (Å²) in [6.07, 6.45) is -3.07. The number of carbonyl (C=O) groups excluding carboxylic acids is 1. The molecule has 0 aliphatic heterocycles. The van der Waals surface area contributed by atoms with Crippen molar-refractivity contribution in [2.75, 3.05) is 0 Å². The molecule has 1 N–H and O–H groups in total. The number of rotatable bonds is 5. The van der Waals surface area contributed by atoms with Crippen LogP contribution in [-0.4, -0.2) is 32.3 Å². The number of carbonyl (C=O) groups is 1. The van der Waals surface area contributed by atoms with Gasteiger partial charge >= 0.3 is 6.18 Å². The van der Waals surface area contributed by atoms with Gasteiger partial charge in [0.15, 0.2) is 0 Å². The van der Waals surface area contributed by atoms with Gasteiger partial charge in [0.1, 0.15) is 6.54 Å². The van der Waals surface area contributed by atoms with Crippen molar-refractivity contribution in [3.63, 3.8) is 0 Å². The fourth-order valence-corrected chi connectivity index (χ4v) is 2.39. The van der Waals surface area contributed by atoms with Crippen LogP contribution < -0.4 is 5.43 Å². The Morgan fingerprint density at radius 2 is 2.00 bits per heavy atom. The summed E-state index contributed by atoms with van der Waals surface area (Å²) in [6.45, 7) is -0.307. The van der Waals surface area contributed by atoms with E-state index in [0.717, 1.165) is 16.9 Å². The summed E-state index contributed by atoms with van der Waals surface area (Å²) in [7, 11) is 0. The summed E-state index contributed by atoms with van der Waals surface area (Å²) in [5, 5.41) is 15.6. The molecule has 0 saturated heterocycles. The number of aromatic nitrogens is 4. The lowest BCUT2D eigenvalue weighted by atomic mass is 10.1. The normalized spacial score (nSPS) is 11.7. The van der Waals surface area contributed by atoms with Gasteiger partial charge in [-0.25, -0.2) is 5.43 Å². The van der Waals surface area contributed by atoms with Crippen LogP contribution in [0.15, 0.2) is 53.6 Å². The van der Waals surface area contributed by atoms with Crippen LogP contribution in [0.25, 0.3) is 11.4 Å². The van der Waals surface area contributed by atoms with Crippen LogP contribution >= 0.6 is 11.6 Å². The van der Waals surface area contributed by atoms with Crippen molar-refractivity contribution in [1.29, 1.82) is 0 Å². The first-order valence-corrected chi connectivity index (χ1v) is 8.22. The lowest BCUT2D eigenvalue weighted by Gasteiger charge is -2.06. The van der Waals surface area contributed by atoms with Crippen LogP contribution in [0.4, 0.5) is 13.2 Å². The molecule has 11 heteroatoms. The lowest BCUT2D eigenvalue weighted by molar-refractivity contribution is -0.137. The summed E-state index contributed by atoms with van der Waals surface area (Å²) >= 11 is 5.84. The number of alkyl halides is 3. The summed E-state index contributed by atoms with van der Waals surface area (Å²) in [4.78, 5) is 12.8. The van der Waals surface area contributed by atoms with Gasteiger partial charge in [0.25, 0.3) is 5.91 Å². The van der Waals surface area contributed by atoms with Crippen molar-refractivity contribution in [2.24, 2.45) is 5.10 Å². The SMILES string of the molecule is O=C(Cn1nnc(-c2cccc(C(F)(F)F)c2)n1)N/N=C\c1cccc(Cl)c1. The number of hydrogen-bond donors (Lipinski definition) is 1. The molecular weight excluding hydrogens is 397 g/mol. The molecule has 0 fully saturated rings. The van der Waals surface area contributed by atoms with E-state index in [9.17, 15) is 18.0 Å². The number of benzene rings is 2. The largest absolute Gasteiger partial charge is 0.416 e. The summed E-state index contributed by atoms with van der Waals surface area (Å²) in [5.41, 5.74) is 2.29. The molecule has 0 aliphatic carbocycles. The van der Waals surface area contributed by atoms with Gasteiger partial charge in [-0.15, -0.1) is 10.2 Å². The van der Waals surface area contributed by atoms with Crippen molar-refractivity contribution in [3.05, 3.63) is 64.7 Å². The maximum atomic E-state index is 12.8. The number of hydrazone groups is 1. The number of tetrazole rings is 1. The van der Waals surface area contributed by atoms with Crippen LogP contribution in [0.2, 0.25) is 5.02 Å². The highest BCUT2D eigenvalue weighted by Crippen LogP contribution is 2.31. The van der Waals surface area contributed by atoms with Gasteiger partial charge in [-0.05, 0) is 35.0 Å². The van der Waals surface area contributed by atoms with Crippen molar-refractivity contribution in [3.8, 4) is 11.4 Å². The van der Waals surface area contributed by atoms with Gasteiger partial charge in [0.2, 0.25) is 5.82 Å². The molecule has 0 radical (unpaired) electrons. The molecule has 1 amide bonds. The van der Waals surface area contributed by atoms with E-state index < -0.39 is 17.6 Å². The Bertz CT molecular complexity index is 1020. The zero-order chi connectivity index (χ0) is 20.1. The first-order valence-electron chi connectivity index (χ1n) is 7.84. The highest BCUT2D eigenvalue weighted by atomic mass is 35.5. The van der Waals surface area contributed by atoms with E-state index in [2.05, 4.69) is 25.9 Å². The lowest BCUT2D eigenvalue weighted by Crippen LogP contribution is -2.24. The standard InChI is InChI=1S/C17H12ClF3N6O/c18-14-6-1-3-11(7-14)9-22-23-15(28)10-27-25-16(24-26-27)12-4-2-5-13(8-12)17(19,20)21/h1-9H,10H2,(H,23,28)/b22-9-. The Morgan fingerprint density at radius 3 is 2.75 bits per heavy atom. The Morgan fingerprint density at radius 1 is 1.21 bits per heavy atom. The molecule has 0 spiro atoms. The minimum absolute atomic E-state index is 0.0265. The third-order valence-electron chi connectivity index (χ3n) is 3.44. The van der Waals surface area contributed by atoms with Crippen LogP contribution in [0.5, 0.6) is 0 Å². The molecule has 0 atom stereocenters. The topological polar surface area (TPSA) is 85.1 Å². The Kier molecular flexibility index (Phi) is 5.69. The average molecular weight is 409 g/mol. The second-order valence-electron chi connectivity index (χ2n) is 5.57. The Labute approximate surface area is 161 Å². The van der Waals surface area contributed by atoms with Crippen molar-refractivity contribution >= 4 is 23.7 Å². The van der Waals surface area contributed by atoms with E-state index in [1.54, 1.807) is 24.3 Å². The third-order valence-corrected chi connectivity index (χ3v) is 3.67. The third kappa shape index (κ3) is 5.13. The number of halogens is 4. The molecule has 0 bridgehead atoms. The number of hydrogen-bond acceptors (Lipinski definition) is 5. The van der Waals surface area contributed by atoms with Gasteiger partial charge < -0.3 is 0 Å². The van der Waals surface area contributed by atoms with E-state index >= 15 is 0 Å². The fraction of sp³-hybridized carbons (Fsp3) is 0.118. The monoisotopic (exact) mass is 408 g/mol. The predicted octanol–water partition coefficient (Wildman–Crippen LogP) is 3.16. The molecule has 7 nitrogen and oxygen atoms in total. The minimum Gasteiger partial charge on any atom is -0.271 e. The summed E-state index contributed by atoms with van der Waals surface area (Å²) in [6, 6.07) is 11.4. The van der Waals surface area contributed by atoms with Gasteiger partial charge in [-0.2, -0.15) is 23.1 Å². The zero-order valence-corrected chi connectivity index (χ0v) is 14.8. The van der Waals surface area contributed by atoms with Gasteiger partial charge in [0.05, 0.1) is 11.8 Å². The maximum Gasteiger partial charge on any atom is 0.416 e. The number of nitrogens with zero attached hydrogens (tertiary/aromatic N) is 5. The average Bonchev–Trinajstić information content (AvgIpc) is 3.10. The molecule has 28 heavy (non-hydrogen) atoms. The van der Waals surface area contributed by atoms with Gasteiger partial charge in [0, 0.05) is 10.6 Å². The van der Waals surface area contributed by atoms with E-state index in [-0.39, 0.29) is 17.9 Å². The molecular formula is C17H12ClF3N6O. The van der Waals surface area contributed by atoms with Crippen molar-refractivity contribution < 1.29 is 18.0 Å². The molecule has 1 aromatic heterocycles. The first kappa shape index (κ1) is 19.5. The number of nitrogens with one attached hydrogen (secondary N) is 1. The Hall–Kier alpha value is -3.27. The molecule has 0 unspecified atom stereocenters. The maximum absolute atomic E-state index is 12.8. The van der Waals surface area contributed by atoms with Crippen LogP contribution in [0.3, 0.4) is 0 Å². The van der Waals surface area contributed by atoms with Crippen LogP contribution in [-0.2, 0) is 17.5 Å². The first-order chi connectivity index (χ1) is 13.3. The summed E-state index contributed by atoms with van der Waals surface area (Å²) in [5.74, 6) is -0.562. The molecule has 0 saturated carbocycles. The van der Waals surface area contributed by atoms with Crippen molar-refractivity contribution in [2.45, 2.75) is 12.7 Å². The smallest absolute Gasteiger partial charge is 0.271 e. The molecule has 1 heterocycles. The second-order valence-corrected chi connectivity index (χ2v) is 6.01. The molecule has 0 aliphatic rings. The summed E-state index contributed by atoms with van der Waals surface area (Å²) < 4.78 is 38.4. The minimum atomic E-state index is -4.48. The van der Waals surface area contributed by atoms with E-state index in [1.807, 2.05) is 0 Å². The van der Waals surface area contributed by atoms with E-state index in [1.165, 1.54) is 18.3 Å². The molecule has 3 aromatic rings. The van der Waals surface area contributed by atoms with E-state index in [0.29, 0.717) is 10.6 Å². The molecule has 3 rings (SSSR count). The van der Waals surface area contributed by atoms with Gasteiger partial charge in [-0.1, -0.05) is 35.9 Å². The second kappa shape index (κ2) is 8.17. The van der Waals surface area contributed by atoms with Crippen LogP contribution in [0.1, 0.15) is 11.1 Å². The zero-order valence-electron chi connectivity index (χ0n) is 14.1. The highest BCUT2D eigenvalue weighted by Gasteiger charge is 2.30. The predicted molar refractivity (Wildman–Crippen MR) is 95.4 cm³/mol. The van der Waals surface area contributed by atoms with Crippen LogP contribution in [0, 0.1) is 0 Å². The molecule has 2 aromatic carbocycles. The van der Waals surface area contributed by atoms with Crippen molar-refractivity contribution in [1.82, 2.24) is 25.6 Å². The van der Waals surface area contributed by atoms with Gasteiger partial charge in [-0.3, -0.25) is 4.79 Å². The quantitative estimate of drug-likeness (QED) is 0.519.